The number of benzene rings is 2. The third kappa shape index (κ3) is 3.25. The summed E-state index contributed by atoms with van der Waals surface area (Å²) in [4.78, 5) is 33.5. The first-order valence-corrected chi connectivity index (χ1v) is 13.5. The largest absolute Gasteiger partial charge is 0.326 e. The van der Waals surface area contributed by atoms with E-state index in [2.05, 4.69) is 64.4 Å². The second kappa shape index (κ2) is 8.18. The molecule has 3 heterocycles. The average Bonchev–Trinajstić information content (AvgIpc) is 3.28. The van der Waals surface area contributed by atoms with Crippen LogP contribution in [0.4, 0.5) is 0 Å². The normalized spacial score (nSPS) is 31.4. The predicted molar refractivity (Wildman–Crippen MR) is 135 cm³/mol. The van der Waals surface area contributed by atoms with Crippen molar-refractivity contribution in [2.45, 2.75) is 69.2 Å². The molecule has 5 aliphatic rings. The maximum Gasteiger partial charge on any atom is 0.241 e. The summed E-state index contributed by atoms with van der Waals surface area (Å²) in [6, 6.07) is 19.5. The lowest BCUT2D eigenvalue weighted by Crippen LogP contribution is -2.54. The van der Waals surface area contributed by atoms with Crippen molar-refractivity contribution < 1.29 is 9.59 Å². The number of nitrogens with zero attached hydrogens (tertiary/aromatic N) is 4. The van der Waals surface area contributed by atoms with Gasteiger partial charge >= 0.3 is 0 Å². The van der Waals surface area contributed by atoms with E-state index >= 15 is 0 Å². The van der Waals surface area contributed by atoms with Gasteiger partial charge in [0, 0.05) is 31.1 Å². The maximum atomic E-state index is 13.9. The van der Waals surface area contributed by atoms with E-state index < -0.39 is 0 Å². The summed E-state index contributed by atoms with van der Waals surface area (Å²) in [6.45, 7) is 3.37. The molecule has 0 aromatic heterocycles. The zero-order chi connectivity index (χ0) is 24.6. The van der Waals surface area contributed by atoms with Crippen LogP contribution in [0.2, 0.25) is 0 Å². The average molecular weight is 481 g/mol. The van der Waals surface area contributed by atoms with Crippen LogP contribution >= 0.6 is 0 Å². The van der Waals surface area contributed by atoms with Gasteiger partial charge in [-0.2, -0.15) is 5.26 Å². The highest BCUT2D eigenvalue weighted by molar-refractivity contribution is 5.87. The van der Waals surface area contributed by atoms with Gasteiger partial charge < -0.3 is 9.80 Å². The summed E-state index contributed by atoms with van der Waals surface area (Å²) >= 11 is 0. The van der Waals surface area contributed by atoms with Crippen molar-refractivity contribution in [1.82, 2.24) is 14.7 Å². The number of nitriles is 1. The van der Waals surface area contributed by atoms with Crippen molar-refractivity contribution in [2.24, 2.45) is 11.8 Å². The molecule has 0 N–H and O–H groups in total. The lowest BCUT2D eigenvalue weighted by atomic mass is 9.92. The number of piperidine rings is 1. The van der Waals surface area contributed by atoms with Crippen LogP contribution < -0.4 is 0 Å². The molecule has 1 saturated carbocycles. The summed E-state index contributed by atoms with van der Waals surface area (Å²) in [5.41, 5.74) is 5.19. The highest BCUT2D eigenvalue weighted by Crippen LogP contribution is 2.48. The van der Waals surface area contributed by atoms with Crippen molar-refractivity contribution in [3.63, 3.8) is 0 Å². The van der Waals surface area contributed by atoms with Crippen molar-refractivity contribution in [3.8, 4) is 6.07 Å². The van der Waals surface area contributed by atoms with E-state index in [1.807, 2.05) is 11.8 Å². The molecule has 6 nitrogen and oxygen atoms in total. The van der Waals surface area contributed by atoms with E-state index in [-0.39, 0.29) is 47.9 Å². The fourth-order valence-electron chi connectivity index (χ4n) is 7.60. The van der Waals surface area contributed by atoms with Crippen molar-refractivity contribution >= 4 is 11.8 Å². The zero-order valence-electron chi connectivity index (χ0n) is 20.7. The molecule has 6 atom stereocenters. The van der Waals surface area contributed by atoms with Crippen molar-refractivity contribution in [1.29, 1.82) is 5.26 Å². The Morgan fingerprint density at radius 2 is 1.69 bits per heavy atom. The molecule has 36 heavy (non-hydrogen) atoms. The minimum Gasteiger partial charge on any atom is -0.326 e. The number of hydrogen-bond acceptors (Lipinski definition) is 4. The number of aryl methyl sites for hydroxylation is 2. The first-order chi connectivity index (χ1) is 17.5. The second-order valence-electron chi connectivity index (χ2n) is 11.5. The van der Waals surface area contributed by atoms with Gasteiger partial charge in [-0.25, -0.2) is 0 Å². The number of amides is 2. The molecule has 0 spiro atoms. The van der Waals surface area contributed by atoms with Crippen LogP contribution in [0.3, 0.4) is 0 Å². The van der Waals surface area contributed by atoms with Gasteiger partial charge in [-0.1, -0.05) is 55.5 Å². The van der Waals surface area contributed by atoms with Gasteiger partial charge in [-0.3, -0.25) is 14.5 Å². The molecule has 2 aromatic carbocycles. The van der Waals surface area contributed by atoms with Crippen molar-refractivity contribution in [3.05, 3.63) is 70.8 Å². The van der Waals surface area contributed by atoms with E-state index in [9.17, 15) is 14.9 Å². The maximum absolute atomic E-state index is 13.9. The van der Waals surface area contributed by atoms with Crippen LogP contribution in [-0.4, -0.2) is 63.8 Å². The Labute approximate surface area is 212 Å². The Morgan fingerprint density at radius 1 is 1.03 bits per heavy atom. The quantitative estimate of drug-likeness (QED) is 0.674. The zero-order valence-corrected chi connectivity index (χ0v) is 20.7. The number of piperazine rings is 1. The number of likely N-dealkylation sites (tertiary alicyclic amines) is 3. The van der Waals surface area contributed by atoms with Crippen LogP contribution in [0.5, 0.6) is 0 Å². The molecular formula is C30H32N4O2. The molecule has 3 saturated heterocycles. The minimum absolute atomic E-state index is 0.0450. The molecule has 2 bridgehead atoms. The first-order valence-electron chi connectivity index (χ1n) is 13.5. The van der Waals surface area contributed by atoms with Gasteiger partial charge in [0.1, 0.15) is 6.04 Å². The van der Waals surface area contributed by atoms with Gasteiger partial charge in [0.05, 0.1) is 18.2 Å². The summed E-state index contributed by atoms with van der Waals surface area (Å²) in [6.07, 6.45) is 4.69. The summed E-state index contributed by atoms with van der Waals surface area (Å²) < 4.78 is 0. The van der Waals surface area contributed by atoms with Crippen LogP contribution in [0.1, 0.15) is 54.5 Å². The topological polar surface area (TPSA) is 67.7 Å². The second-order valence-corrected chi connectivity index (χ2v) is 11.5. The van der Waals surface area contributed by atoms with Gasteiger partial charge in [0.25, 0.3) is 0 Å². The molecule has 2 amide bonds. The standard InChI is InChI=1S/C30H32N4O2/c1-18(29(35)33-22(15-31)12-21-13-26(21)33)16-32-17-23-14-27(32)30(36)34(23)28-24-8-4-2-6-19(24)10-11-20-7-3-5-9-25(20)28/h2-9,18,21-23,26-28H,10-14,16-17H2,1H3/t18-,21+,22-,23-,26?,27-/m0/s1. The smallest absolute Gasteiger partial charge is 0.241 e. The van der Waals surface area contributed by atoms with Crippen LogP contribution in [-0.2, 0) is 22.4 Å². The van der Waals surface area contributed by atoms with Crippen LogP contribution in [0, 0.1) is 23.2 Å². The van der Waals surface area contributed by atoms with Gasteiger partial charge in [0.2, 0.25) is 11.8 Å². The van der Waals surface area contributed by atoms with E-state index in [0.717, 1.165) is 38.6 Å². The number of rotatable bonds is 4. The number of hydrogen-bond donors (Lipinski definition) is 0. The lowest BCUT2D eigenvalue weighted by Gasteiger charge is -2.40. The Kier molecular flexibility index (Phi) is 5.01. The highest BCUT2D eigenvalue weighted by atomic mass is 16.2. The Hall–Kier alpha value is -3.17. The predicted octanol–water partition coefficient (Wildman–Crippen LogP) is 3.31. The van der Waals surface area contributed by atoms with E-state index in [1.54, 1.807) is 0 Å². The molecule has 2 aliphatic carbocycles. The van der Waals surface area contributed by atoms with E-state index in [4.69, 9.17) is 0 Å². The van der Waals surface area contributed by atoms with Crippen LogP contribution in [0.15, 0.2) is 48.5 Å². The molecule has 7 rings (SSSR count). The molecule has 4 fully saturated rings. The Morgan fingerprint density at radius 3 is 2.33 bits per heavy atom. The number of carbonyl (C=O) groups excluding carboxylic acids is 2. The molecule has 1 unspecified atom stereocenters. The third-order valence-corrected chi connectivity index (χ3v) is 9.39. The van der Waals surface area contributed by atoms with E-state index in [0.29, 0.717) is 12.5 Å². The van der Waals surface area contributed by atoms with Gasteiger partial charge in [-0.15, -0.1) is 0 Å². The van der Waals surface area contributed by atoms with E-state index in [1.165, 1.54) is 22.3 Å². The van der Waals surface area contributed by atoms with Gasteiger partial charge in [-0.05, 0) is 60.3 Å². The molecule has 184 valence electrons. The minimum atomic E-state index is -0.272. The SMILES string of the molecule is C[C@@H](CN1C[C@@H]2C[C@H]1C(=O)N2C1c2ccccc2CCc2ccccc21)C(=O)N1C2C[C@H]2C[C@H]1C#N. The number of fused-ring (bicyclic) bond motifs is 5. The molecule has 0 radical (unpaired) electrons. The van der Waals surface area contributed by atoms with Gasteiger partial charge in [0.15, 0.2) is 0 Å². The highest BCUT2D eigenvalue weighted by Gasteiger charge is 2.56. The Balaban J connectivity index is 1.13. The molecule has 6 heteroatoms. The monoisotopic (exact) mass is 480 g/mol. The summed E-state index contributed by atoms with van der Waals surface area (Å²) in [7, 11) is 0. The fourth-order valence-corrected chi connectivity index (χ4v) is 7.60. The Bertz CT molecular complexity index is 1240. The summed E-state index contributed by atoms with van der Waals surface area (Å²) in [5, 5.41) is 9.52. The van der Waals surface area contributed by atoms with Crippen LogP contribution in [0.25, 0.3) is 0 Å². The number of carbonyl (C=O) groups is 2. The molecular weight excluding hydrogens is 448 g/mol. The summed E-state index contributed by atoms with van der Waals surface area (Å²) in [5.74, 6) is 0.597. The lowest BCUT2D eigenvalue weighted by molar-refractivity contribution is -0.142. The molecule has 3 aliphatic heterocycles. The van der Waals surface area contributed by atoms with Crippen molar-refractivity contribution in [2.75, 3.05) is 13.1 Å². The first kappa shape index (κ1) is 22.1. The third-order valence-electron chi connectivity index (χ3n) is 9.39. The fraction of sp³-hybridized carbons (Fsp3) is 0.500. The molecule has 2 aromatic rings.